The molecule has 88 valence electrons. The lowest BCUT2D eigenvalue weighted by molar-refractivity contribution is 1.32. The van der Waals surface area contributed by atoms with Crippen molar-refractivity contribution in [3.63, 3.8) is 0 Å². The van der Waals surface area contributed by atoms with Crippen LogP contribution in [0.1, 0.15) is 5.56 Å². The molecule has 5 heteroatoms. The molecule has 0 aliphatic heterocycles. The third kappa shape index (κ3) is 2.34. The molecule has 0 spiro atoms. The van der Waals surface area contributed by atoms with E-state index < -0.39 is 0 Å². The molecule has 0 fully saturated rings. The number of nitrogens with two attached hydrogens (primary N) is 1. The first kappa shape index (κ1) is 12.5. The highest BCUT2D eigenvalue weighted by atomic mass is 35.5. The molecule has 1 aromatic carbocycles. The molecule has 2 aromatic rings. The van der Waals surface area contributed by atoms with Gasteiger partial charge in [-0.05, 0) is 30.7 Å². The second-order valence-corrected chi connectivity index (χ2v) is 4.82. The Morgan fingerprint density at radius 2 is 1.82 bits per heavy atom. The third-order valence-electron chi connectivity index (χ3n) is 2.48. The minimum Gasteiger partial charge on any atom is -0.397 e. The molecule has 1 aromatic heterocycles. The summed E-state index contributed by atoms with van der Waals surface area (Å²) in [5.74, 6) is 0. The van der Waals surface area contributed by atoms with E-state index in [0.29, 0.717) is 26.4 Å². The van der Waals surface area contributed by atoms with Crippen LogP contribution in [0.15, 0.2) is 24.4 Å². The number of aromatic nitrogens is 1. The minimum absolute atomic E-state index is 0.426. The van der Waals surface area contributed by atoms with Gasteiger partial charge >= 0.3 is 0 Å². The van der Waals surface area contributed by atoms with Crippen molar-refractivity contribution in [2.75, 3.05) is 5.73 Å². The summed E-state index contributed by atoms with van der Waals surface area (Å²) in [6, 6.07) is 5.29. The zero-order valence-corrected chi connectivity index (χ0v) is 11.2. The van der Waals surface area contributed by atoms with Crippen LogP contribution >= 0.6 is 34.8 Å². The summed E-state index contributed by atoms with van der Waals surface area (Å²) < 4.78 is 0. The summed E-state index contributed by atoms with van der Waals surface area (Å²) in [5, 5.41) is 1.63. The van der Waals surface area contributed by atoms with Gasteiger partial charge in [-0.3, -0.25) is 4.98 Å². The number of hydrogen-bond donors (Lipinski definition) is 1. The average molecular weight is 288 g/mol. The van der Waals surface area contributed by atoms with Gasteiger partial charge in [0.2, 0.25) is 0 Å². The van der Waals surface area contributed by atoms with Crippen LogP contribution in [0.4, 0.5) is 5.69 Å². The molecule has 0 radical (unpaired) electrons. The largest absolute Gasteiger partial charge is 0.397 e. The fourth-order valence-electron chi connectivity index (χ4n) is 1.46. The highest BCUT2D eigenvalue weighted by Crippen LogP contribution is 2.34. The monoisotopic (exact) mass is 286 g/mol. The van der Waals surface area contributed by atoms with E-state index in [1.54, 1.807) is 12.1 Å². The maximum Gasteiger partial charge on any atom is 0.0819 e. The molecule has 0 bridgehead atoms. The molecule has 0 aliphatic carbocycles. The fraction of sp³-hybridized carbons (Fsp3) is 0.0833. The fourth-order valence-corrected chi connectivity index (χ4v) is 2.03. The molecule has 0 atom stereocenters. The molecule has 0 amide bonds. The topological polar surface area (TPSA) is 38.9 Å². The Kier molecular flexibility index (Phi) is 3.48. The molecule has 0 aliphatic rings. The Hall–Kier alpha value is -0.960. The molecule has 2 rings (SSSR count). The van der Waals surface area contributed by atoms with Crippen LogP contribution in [-0.4, -0.2) is 4.98 Å². The lowest BCUT2D eigenvalue weighted by Gasteiger charge is -2.09. The zero-order valence-electron chi connectivity index (χ0n) is 8.97. The van der Waals surface area contributed by atoms with Gasteiger partial charge in [0.1, 0.15) is 0 Å². The van der Waals surface area contributed by atoms with Gasteiger partial charge in [0.25, 0.3) is 0 Å². The van der Waals surface area contributed by atoms with Gasteiger partial charge in [-0.2, -0.15) is 0 Å². The Bertz CT molecular complexity index is 582. The Labute approximate surface area is 114 Å². The number of benzene rings is 1. The van der Waals surface area contributed by atoms with Crippen molar-refractivity contribution in [1.82, 2.24) is 4.98 Å². The van der Waals surface area contributed by atoms with Crippen LogP contribution in [0.25, 0.3) is 11.3 Å². The van der Waals surface area contributed by atoms with Gasteiger partial charge in [0.05, 0.1) is 21.4 Å². The predicted octanol–water partition coefficient (Wildman–Crippen LogP) is 4.60. The van der Waals surface area contributed by atoms with Crippen LogP contribution in [-0.2, 0) is 0 Å². The Morgan fingerprint density at radius 1 is 1.12 bits per heavy atom. The van der Waals surface area contributed by atoms with E-state index in [9.17, 15) is 0 Å². The van der Waals surface area contributed by atoms with E-state index >= 15 is 0 Å². The molecule has 1 heterocycles. The number of pyridine rings is 1. The van der Waals surface area contributed by atoms with Crippen LogP contribution in [0.2, 0.25) is 15.1 Å². The van der Waals surface area contributed by atoms with E-state index in [1.807, 2.05) is 13.0 Å². The van der Waals surface area contributed by atoms with Crippen molar-refractivity contribution in [3.05, 3.63) is 45.0 Å². The molecule has 0 saturated heterocycles. The number of halogens is 3. The molecule has 2 nitrogen and oxygen atoms in total. The smallest absolute Gasteiger partial charge is 0.0819 e. The molecule has 2 N–H and O–H groups in total. The maximum atomic E-state index is 6.23. The number of rotatable bonds is 1. The van der Waals surface area contributed by atoms with Crippen molar-refractivity contribution < 1.29 is 0 Å². The summed E-state index contributed by atoms with van der Waals surface area (Å²) >= 11 is 18.0. The van der Waals surface area contributed by atoms with Gasteiger partial charge < -0.3 is 5.73 Å². The number of nitrogens with zero attached hydrogens (tertiary/aromatic N) is 1. The summed E-state index contributed by atoms with van der Waals surface area (Å²) in [6.45, 7) is 1.85. The zero-order chi connectivity index (χ0) is 12.6. The van der Waals surface area contributed by atoms with E-state index in [1.165, 1.54) is 6.20 Å². The normalized spacial score (nSPS) is 10.6. The molecular formula is C12H9Cl3N2. The van der Waals surface area contributed by atoms with Crippen molar-refractivity contribution in [2.24, 2.45) is 0 Å². The third-order valence-corrected chi connectivity index (χ3v) is 3.69. The van der Waals surface area contributed by atoms with Gasteiger partial charge in [-0.1, -0.05) is 34.8 Å². The van der Waals surface area contributed by atoms with Gasteiger partial charge in [0, 0.05) is 16.8 Å². The first-order valence-electron chi connectivity index (χ1n) is 4.86. The van der Waals surface area contributed by atoms with E-state index in [2.05, 4.69) is 4.98 Å². The summed E-state index contributed by atoms with van der Waals surface area (Å²) in [5.41, 5.74) is 8.49. The minimum atomic E-state index is 0.426. The first-order chi connectivity index (χ1) is 8.00. The number of hydrogen-bond acceptors (Lipinski definition) is 2. The summed E-state index contributed by atoms with van der Waals surface area (Å²) in [4.78, 5) is 4.20. The van der Waals surface area contributed by atoms with E-state index in [-0.39, 0.29) is 0 Å². The second kappa shape index (κ2) is 4.73. The van der Waals surface area contributed by atoms with Gasteiger partial charge in [-0.25, -0.2) is 0 Å². The van der Waals surface area contributed by atoms with Crippen molar-refractivity contribution >= 4 is 40.5 Å². The SMILES string of the molecule is Cc1c(Cl)ccc(-c2cc(N)c(Cl)cn2)c1Cl. The standard InChI is InChI=1S/C12H9Cl3N2/c1-6-8(13)3-2-7(12(6)15)11-4-10(16)9(14)5-17-11/h2-5H,1H3,(H2,16,17). The first-order valence-corrected chi connectivity index (χ1v) is 6.00. The summed E-state index contributed by atoms with van der Waals surface area (Å²) in [6.07, 6.45) is 1.51. The van der Waals surface area contributed by atoms with Crippen molar-refractivity contribution in [3.8, 4) is 11.3 Å². The van der Waals surface area contributed by atoms with Gasteiger partial charge in [-0.15, -0.1) is 0 Å². The number of anilines is 1. The molecule has 0 saturated carbocycles. The number of nitrogen functional groups attached to an aromatic ring is 1. The molecule has 0 unspecified atom stereocenters. The highest BCUT2D eigenvalue weighted by Gasteiger charge is 2.10. The maximum absolute atomic E-state index is 6.23. The molecular weight excluding hydrogens is 279 g/mol. The van der Waals surface area contributed by atoms with E-state index in [0.717, 1.165) is 11.1 Å². The van der Waals surface area contributed by atoms with Crippen LogP contribution in [0.5, 0.6) is 0 Å². The van der Waals surface area contributed by atoms with Crippen molar-refractivity contribution in [1.29, 1.82) is 0 Å². The predicted molar refractivity (Wildman–Crippen MR) is 73.9 cm³/mol. The second-order valence-electron chi connectivity index (χ2n) is 3.62. The Balaban J connectivity index is 2.61. The lowest BCUT2D eigenvalue weighted by atomic mass is 10.1. The highest BCUT2D eigenvalue weighted by molar-refractivity contribution is 6.37. The van der Waals surface area contributed by atoms with Crippen LogP contribution in [0.3, 0.4) is 0 Å². The average Bonchev–Trinajstić information content (AvgIpc) is 2.30. The lowest BCUT2D eigenvalue weighted by Crippen LogP contribution is -1.92. The van der Waals surface area contributed by atoms with Crippen LogP contribution in [0, 0.1) is 6.92 Å². The van der Waals surface area contributed by atoms with Crippen molar-refractivity contribution in [2.45, 2.75) is 6.92 Å². The van der Waals surface area contributed by atoms with Gasteiger partial charge in [0.15, 0.2) is 0 Å². The quantitative estimate of drug-likeness (QED) is 0.832. The molecule has 17 heavy (non-hydrogen) atoms. The Morgan fingerprint density at radius 3 is 2.47 bits per heavy atom. The summed E-state index contributed by atoms with van der Waals surface area (Å²) in [7, 11) is 0. The van der Waals surface area contributed by atoms with E-state index in [4.69, 9.17) is 40.5 Å². The van der Waals surface area contributed by atoms with Crippen LogP contribution < -0.4 is 5.73 Å².